The molecule has 1 aromatic carbocycles. The molecule has 5 nitrogen and oxygen atoms in total. The SMILES string of the molecule is Cc1ccnc(NC(=O)c2cc(-c3ccccc3)c(N3CCOCC3)s2)c1. The Hall–Kier alpha value is -2.70. The quantitative estimate of drug-likeness (QED) is 0.738. The van der Waals surface area contributed by atoms with Crippen LogP contribution in [0, 0.1) is 6.92 Å². The van der Waals surface area contributed by atoms with E-state index in [0.717, 1.165) is 34.8 Å². The van der Waals surface area contributed by atoms with E-state index in [4.69, 9.17) is 4.74 Å². The minimum absolute atomic E-state index is 0.130. The maximum absolute atomic E-state index is 12.8. The minimum atomic E-state index is -0.130. The van der Waals surface area contributed by atoms with Crippen molar-refractivity contribution in [1.82, 2.24) is 4.98 Å². The van der Waals surface area contributed by atoms with Crippen LogP contribution in [0.3, 0.4) is 0 Å². The van der Waals surface area contributed by atoms with Gasteiger partial charge in [0.05, 0.1) is 23.1 Å². The second kappa shape index (κ2) is 7.90. The van der Waals surface area contributed by atoms with E-state index in [-0.39, 0.29) is 5.91 Å². The number of carbonyl (C=O) groups is 1. The Morgan fingerprint density at radius 2 is 1.93 bits per heavy atom. The van der Waals surface area contributed by atoms with Gasteiger partial charge in [-0.05, 0) is 36.2 Å². The van der Waals surface area contributed by atoms with Crippen molar-refractivity contribution in [3.63, 3.8) is 0 Å². The molecule has 138 valence electrons. The lowest BCUT2D eigenvalue weighted by Gasteiger charge is -2.28. The summed E-state index contributed by atoms with van der Waals surface area (Å²) in [6, 6.07) is 16.0. The molecule has 1 fully saturated rings. The Bertz CT molecular complexity index is 934. The number of anilines is 2. The van der Waals surface area contributed by atoms with Gasteiger partial charge >= 0.3 is 0 Å². The van der Waals surface area contributed by atoms with Crippen molar-refractivity contribution in [1.29, 1.82) is 0 Å². The standard InChI is InChI=1S/C21H21N3O2S/c1-15-7-8-22-19(13-15)23-20(25)18-14-17(16-5-3-2-4-6-16)21(27-18)24-9-11-26-12-10-24/h2-8,13-14H,9-12H2,1H3,(H,22,23,25). The first-order chi connectivity index (χ1) is 13.2. The zero-order valence-electron chi connectivity index (χ0n) is 15.1. The van der Waals surface area contributed by atoms with E-state index < -0.39 is 0 Å². The molecule has 3 heterocycles. The number of rotatable bonds is 4. The maximum atomic E-state index is 12.8. The summed E-state index contributed by atoms with van der Waals surface area (Å²) in [6.45, 7) is 5.07. The van der Waals surface area contributed by atoms with E-state index in [0.29, 0.717) is 23.9 Å². The van der Waals surface area contributed by atoms with Gasteiger partial charge < -0.3 is 15.0 Å². The van der Waals surface area contributed by atoms with Gasteiger partial charge in [0.15, 0.2) is 0 Å². The highest BCUT2D eigenvalue weighted by molar-refractivity contribution is 7.18. The van der Waals surface area contributed by atoms with Gasteiger partial charge in [-0.25, -0.2) is 4.98 Å². The van der Waals surface area contributed by atoms with Gasteiger partial charge in [-0.2, -0.15) is 0 Å². The van der Waals surface area contributed by atoms with Crippen LogP contribution in [0.15, 0.2) is 54.7 Å². The molecule has 0 bridgehead atoms. The molecule has 1 aliphatic heterocycles. The van der Waals surface area contributed by atoms with E-state index in [1.807, 2.05) is 43.3 Å². The summed E-state index contributed by atoms with van der Waals surface area (Å²) in [4.78, 5) is 20.0. The number of carbonyl (C=O) groups excluding carboxylic acids is 1. The minimum Gasteiger partial charge on any atom is -0.378 e. The molecule has 0 radical (unpaired) electrons. The van der Waals surface area contributed by atoms with Crippen molar-refractivity contribution in [3.8, 4) is 11.1 Å². The molecule has 0 unspecified atom stereocenters. The summed E-state index contributed by atoms with van der Waals surface area (Å²) in [5, 5.41) is 4.03. The molecule has 0 atom stereocenters. The largest absolute Gasteiger partial charge is 0.378 e. The molecular formula is C21H21N3O2S. The predicted octanol–water partition coefficient (Wildman–Crippen LogP) is 4.21. The van der Waals surface area contributed by atoms with E-state index in [1.165, 1.54) is 11.3 Å². The molecule has 1 aliphatic rings. The Labute approximate surface area is 162 Å². The van der Waals surface area contributed by atoms with Crippen molar-refractivity contribution in [2.45, 2.75) is 6.92 Å². The topological polar surface area (TPSA) is 54.5 Å². The molecule has 4 rings (SSSR count). The number of aryl methyl sites for hydroxylation is 1. The number of hydrogen-bond acceptors (Lipinski definition) is 5. The first kappa shape index (κ1) is 17.7. The number of benzene rings is 1. The zero-order chi connectivity index (χ0) is 18.6. The van der Waals surface area contributed by atoms with Gasteiger partial charge in [-0.15, -0.1) is 11.3 Å². The molecule has 1 amide bonds. The second-order valence-corrected chi connectivity index (χ2v) is 7.50. The van der Waals surface area contributed by atoms with Crippen LogP contribution in [-0.4, -0.2) is 37.2 Å². The molecule has 6 heteroatoms. The Morgan fingerprint density at radius 1 is 1.15 bits per heavy atom. The van der Waals surface area contributed by atoms with Gasteiger partial charge in [0.25, 0.3) is 5.91 Å². The van der Waals surface area contributed by atoms with Gasteiger partial charge in [0.2, 0.25) is 0 Å². The van der Waals surface area contributed by atoms with Crippen molar-refractivity contribution < 1.29 is 9.53 Å². The van der Waals surface area contributed by atoms with E-state index in [1.54, 1.807) is 6.20 Å². The number of hydrogen-bond donors (Lipinski definition) is 1. The number of amides is 1. The highest BCUT2D eigenvalue weighted by Gasteiger charge is 2.22. The number of thiophene rings is 1. The maximum Gasteiger partial charge on any atom is 0.266 e. The predicted molar refractivity (Wildman–Crippen MR) is 110 cm³/mol. The van der Waals surface area contributed by atoms with Crippen LogP contribution < -0.4 is 10.2 Å². The van der Waals surface area contributed by atoms with Crippen molar-refractivity contribution in [2.75, 3.05) is 36.5 Å². The van der Waals surface area contributed by atoms with Crippen molar-refractivity contribution in [2.24, 2.45) is 0 Å². The first-order valence-electron chi connectivity index (χ1n) is 8.96. The molecule has 1 saturated heterocycles. The lowest BCUT2D eigenvalue weighted by molar-refractivity contribution is 0.103. The zero-order valence-corrected chi connectivity index (χ0v) is 16.0. The van der Waals surface area contributed by atoms with Gasteiger partial charge in [-0.3, -0.25) is 4.79 Å². The number of nitrogens with one attached hydrogen (secondary N) is 1. The Kier molecular flexibility index (Phi) is 5.18. The second-order valence-electron chi connectivity index (χ2n) is 6.47. The Balaban J connectivity index is 1.67. The Morgan fingerprint density at radius 3 is 2.67 bits per heavy atom. The van der Waals surface area contributed by atoms with Crippen molar-refractivity contribution >= 4 is 28.1 Å². The number of aromatic nitrogens is 1. The van der Waals surface area contributed by atoms with E-state index in [9.17, 15) is 4.79 Å². The summed E-state index contributed by atoms with van der Waals surface area (Å²) in [6.07, 6.45) is 1.70. The summed E-state index contributed by atoms with van der Waals surface area (Å²) in [5.74, 6) is 0.442. The number of pyridine rings is 1. The monoisotopic (exact) mass is 379 g/mol. The number of morpholine rings is 1. The number of nitrogens with zero attached hydrogens (tertiary/aromatic N) is 2. The average Bonchev–Trinajstić information content (AvgIpc) is 3.15. The summed E-state index contributed by atoms with van der Waals surface area (Å²) in [7, 11) is 0. The van der Waals surface area contributed by atoms with Crippen LogP contribution in [0.5, 0.6) is 0 Å². The molecule has 0 saturated carbocycles. The van der Waals surface area contributed by atoms with Gasteiger partial charge in [0, 0.05) is 24.8 Å². The highest BCUT2D eigenvalue weighted by atomic mass is 32.1. The van der Waals surface area contributed by atoms with Crippen LogP contribution in [0.4, 0.5) is 10.8 Å². The third-order valence-electron chi connectivity index (χ3n) is 4.48. The normalized spacial score (nSPS) is 14.2. The van der Waals surface area contributed by atoms with Crippen LogP contribution in [0.25, 0.3) is 11.1 Å². The smallest absolute Gasteiger partial charge is 0.266 e. The third kappa shape index (κ3) is 4.02. The van der Waals surface area contributed by atoms with Crippen molar-refractivity contribution in [3.05, 3.63) is 65.2 Å². The first-order valence-corrected chi connectivity index (χ1v) is 9.78. The van der Waals surface area contributed by atoms with Gasteiger partial charge in [-0.1, -0.05) is 30.3 Å². The van der Waals surface area contributed by atoms with Crippen LogP contribution >= 0.6 is 11.3 Å². The number of ether oxygens (including phenoxy) is 1. The van der Waals surface area contributed by atoms with Crippen LogP contribution in [-0.2, 0) is 4.74 Å². The average molecular weight is 379 g/mol. The lowest BCUT2D eigenvalue weighted by atomic mass is 10.1. The molecule has 2 aromatic heterocycles. The molecule has 3 aromatic rings. The van der Waals surface area contributed by atoms with Gasteiger partial charge in [0.1, 0.15) is 5.82 Å². The van der Waals surface area contributed by atoms with E-state index in [2.05, 4.69) is 27.3 Å². The fourth-order valence-corrected chi connectivity index (χ4v) is 4.23. The molecule has 27 heavy (non-hydrogen) atoms. The molecule has 0 spiro atoms. The summed E-state index contributed by atoms with van der Waals surface area (Å²) in [5.41, 5.74) is 3.26. The highest BCUT2D eigenvalue weighted by Crippen LogP contribution is 2.39. The summed E-state index contributed by atoms with van der Waals surface area (Å²) >= 11 is 1.52. The van der Waals surface area contributed by atoms with Crippen LogP contribution in [0.1, 0.15) is 15.2 Å². The third-order valence-corrected chi connectivity index (χ3v) is 5.67. The molecular weight excluding hydrogens is 358 g/mol. The van der Waals surface area contributed by atoms with E-state index >= 15 is 0 Å². The van der Waals surface area contributed by atoms with Crippen LogP contribution in [0.2, 0.25) is 0 Å². The lowest BCUT2D eigenvalue weighted by Crippen LogP contribution is -2.35. The fraction of sp³-hybridized carbons (Fsp3) is 0.238. The fourth-order valence-electron chi connectivity index (χ4n) is 3.10. The summed E-state index contributed by atoms with van der Waals surface area (Å²) < 4.78 is 5.49. The molecule has 0 aliphatic carbocycles. The molecule has 1 N–H and O–H groups in total.